The fourth-order valence-electron chi connectivity index (χ4n) is 3.26. The number of carbonyl (C=O) groups excluding carboxylic acids is 1. The Labute approximate surface area is 199 Å². The number of aryl methyl sites for hydroxylation is 1. The van der Waals surface area contributed by atoms with Gasteiger partial charge in [0.2, 0.25) is 10.0 Å². The molecule has 0 aliphatic carbocycles. The third kappa shape index (κ3) is 5.21. The van der Waals surface area contributed by atoms with Crippen molar-refractivity contribution in [1.82, 2.24) is 19.2 Å². The molecular weight excluding hydrogens is 464 g/mol. The van der Waals surface area contributed by atoms with Crippen LogP contribution < -0.4 is 10.1 Å². The Morgan fingerprint density at radius 1 is 1.21 bits per heavy atom. The van der Waals surface area contributed by atoms with Crippen molar-refractivity contribution in [3.05, 3.63) is 76.8 Å². The van der Waals surface area contributed by atoms with E-state index < -0.39 is 22.0 Å². The molecule has 0 spiro atoms. The van der Waals surface area contributed by atoms with Crippen molar-refractivity contribution in [3.8, 4) is 5.75 Å². The molecule has 0 bridgehead atoms. The number of benzene rings is 2. The van der Waals surface area contributed by atoms with Gasteiger partial charge in [-0.2, -0.15) is 4.31 Å². The predicted molar refractivity (Wildman–Crippen MR) is 127 cm³/mol. The van der Waals surface area contributed by atoms with Crippen LogP contribution in [0, 0.1) is 0 Å². The van der Waals surface area contributed by atoms with E-state index in [-0.39, 0.29) is 21.5 Å². The lowest BCUT2D eigenvalue weighted by atomic mass is 10.0. The zero-order chi connectivity index (χ0) is 24.3. The molecule has 1 amide bonds. The standard InChI is InChI=1S/C23H27ClN4O4S/c1-15(2)28(4)33(30,31)18-9-10-20(24)19(14-18)23(29)26-21(22-25-11-12-27(22)3)16-7-6-8-17(13-16)32-5/h6-15,21H,1-5H3,(H,26,29). The minimum absolute atomic E-state index is 0.0110. The van der Waals surface area contributed by atoms with Gasteiger partial charge < -0.3 is 14.6 Å². The Bertz CT molecular complexity index is 1260. The van der Waals surface area contributed by atoms with Gasteiger partial charge in [-0.05, 0) is 49.7 Å². The largest absolute Gasteiger partial charge is 0.497 e. The fourth-order valence-corrected chi connectivity index (χ4v) is 4.86. The average molecular weight is 491 g/mol. The van der Waals surface area contributed by atoms with E-state index in [2.05, 4.69) is 10.3 Å². The van der Waals surface area contributed by atoms with Crippen LogP contribution in [0.3, 0.4) is 0 Å². The number of nitrogens with one attached hydrogen (secondary N) is 1. The first-order valence-corrected chi connectivity index (χ1v) is 12.1. The number of sulfonamides is 1. The Balaban J connectivity index is 2.02. The van der Waals surface area contributed by atoms with Gasteiger partial charge in [0.15, 0.2) is 0 Å². The number of aromatic nitrogens is 2. The van der Waals surface area contributed by atoms with Crippen molar-refractivity contribution < 1.29 is 17.9 Å². The number of hydrogen-bond donors (Lipinski definition) is 1. The SMILES string of the molecule is COc1cccc(C(NC(=O)c2cc(S(=O)(=O)N(C)C(C)C)ccc2Cl)c2nccn2C)c1. The molecular formula is C23H27ClN4O4S. The van der Waals surface area contributed by atoms with Crippen molar-refractivity contribution in [2.45, 2.75) is 30.8 Å². The van der Waals surface area contributed by atoms with Crippen LogP contribution in [0.1, 0.15) is 41.6 Å². The Hall–Kier alpha value is -2.88. The number of hydrogen-bond acceptors (Lipinski definition) is 5. The molecule has 1 unspecified atom stereocenters. The van der Waals surface area contributed by atoms with E-state index in [0.29, 0.717) is 11.6 Å². The summed E-state index contributed by atoms with van der Waals surface area (Å²) in [5.74, 6) is 0.694. The molecule has 8 nitrogen and oxygen atoms in total. The topological polar surface area (TPSA) is 93.5 Å². The molecule has 0 aliphatic heterocycles. The molecule has 0 saturated heterocycles. The number of ether oxygens (including phenoxy) is 1. The number of imidazole rings is 1. The summed E-state index contributed by atoms with van der Waals surface area (Å²) in [7, 11) is 1.09. The quantitative estimate of drug-likeness (QED) is 0.520. The number of methoxy groups -OCH3 is 1. The Morgan fingerprint density at radius 2 is 1.94 bits per heavy atom. The number of carbonyl (C=O) groups is 1. The molecule has 1 heterocycles. The summed E-state index contributed by atoms with van der Waals surface area (Å²) in [5.41, 5.74) is 0.799. The molecule has 0 aliphatic rings. The highest BCUT2D eigenvalue weighted by atomic mass is 35.5. The predicted octanol–water partition coefficient (Wildman–Crippen LogP) is 3.63. The van der Waals surface area contributed by atoms with Crippen molar-refractivity contribution in [1.29, 1.82) is 0 Å². The maximum absolute atomic E-state index is 13.3. The van der Waals surface area contributed by atoms with E-state index in [1.165, 1.54) is 29.6 Å². The first-order chi connectivity index (χ1) is 15.6. The van der Waals surface area contributed by atoms with E-state index >= 15 is 0 Å². The van der Waals surface area contributed by atoms with Gasteiger partial charge in [-0.1, -0.05) is 23.7 Å². The average Bonchev–Trinajstić information content (AvgIpc) is 3.22. The molecule has 1 aromatic heterocycles. The second kappa shape index (κ2) is 9.94. The molecule has 0 fully saturated rings. The lowest BCUT2D eigenvalue weighted by Crippen LogP contribution is -2.34. The molecule has 2 aromatic carbocycles. The highest BCUT2D eigenvalue weighted by molar-refractivity contribution is 7.89. The summed E-state index contributed by atoms with van der Waals surface area (Å²) < 4.78 is 34.2. The van der Waals surface area contributed by atoms with E-state index in [4.69, 9.17) is 16.3 Å². The molecule has 33 heavy (non-hydrogen) atoms. The van der Waals surface area contributed by atoms with Crippen LogP contribution in [0.4, 0.5) is 0 Å². The second-order valence-electron chi connectivity index (χ2n) is 7.84. The van der Waals surface area contributed by atoms with Crippen molar-refractivity contribution in [2.75, 3.05) is 14.2 Å². The molecule has 10 heteroatoms. The van der Waals surface area contributed by atoms with Crippen LogP contribution in [0.5, 0.6) is 5.75 Å². The van der Waals surface area contributed by atoms with Crippen LogP contribution >= 0.6 is 11.6 Å². The highest BCUT2D eigenvalue weighted by Gasteiger charge is 2.27. The minimum Gasteiger partial charge on any atom is -0.497 e. The zero-order valence-corrected chi connectivity index (χ0v) is 20.7. The first kappa shape index (κ1) is 24.8. The van der Waals surface area contributed by atoms with E-state index in [0.717, 1.165) is 5.56 Å². The maximum atomic E-state index is 13.3. The van der Waals surface area contributed by atoms with E-state index in [1.54, 1.807) is 50.1 Å². The summed E-state index contributed by atoms with van der Waals surface area (Å²) in [4.78, 5) is 17.7. The zero-order valence-electron chi connectivity index (χ0n) is 19.1. The van der Waals surface area contributed by atoms with Crippen LogP contribution in [-0.4, -0.2) is 48.4 Å². The Kier molecular flexibility index (Phi) is 7.46. The number of amides is 1. The third-order valence-corrected chi connectivity index (χ3v) is 7.77. The van der Waals surface area contributed by atoms with Crippen LogP contribution in [0.15, 0.2) is 59.8 Å². The van der Waals surface area contributed by atoms with E-state index in [9.17, 15) is 13.2 Å². The van der Waals surface area contributed by atoms with Crippen molar-refractivity contribution in [3.63, 3.8) is 0 Å². The summed E-state index contributed by atoms with van der Waals surface area (Å²) >= 11 is 6.31. The fraction of sp³-hybridized carbons (Fsp3) is 0.304. The van der Waals surface area contributed by atoms with Gasteiger partial charge in [0.25, 0.3) is 5.91 Å². The van der Waals surface area contributed by atoms with Gasteiger partial charge in [0, 0.05) is 32.5 Å². The summed E-state index contributed by atoms with van der Waals surface area (Å²) in [5, 5.41) is 3.09. The molecule has 0 saturated carbocycles. The molecule has 1 atom stereocenters. The molecule has 1 N–H and O–H groups in total. The first-order valence-electron chi connectivity index (χ1n) is 10.3. The summed E-state index contributed by atoms with van der Waals surface area (Å²) in [6, 6.07) is 10.5. The molecule has 0 radical (unpaired) electrons. The Morgan fingerprint density at radius 3 is 2.55 bits per heavy atom. The minimum atomic E-state index is -3.79. The van der Waals surface area contributed by atoms with Crippen molar-refractivity contribution >= 4 is 27.5 Å². The normalized spacial score (nSPS) is 12.7. The molecule has 3 rings (SSSR count). The third-order valence-electron chi connectivity index (χ3n) is 5.41. The molecule has 3 aromatic rings. The second-order valence-corrected chi connectivity index (χ2v) is 10.2. The van der Waals surface area contributed by atoms with Crippen molar-refractivity contribution in [2.24, 2.45) is 7.05 Å². The highest BCUT2D eigenvalue weighted by Crippen LogP contribution is 2.27. The van der Waals surface area contributed by atoms with Crippen LogP contribution in [0.2, 0.25) is 5.02 Å². The number of halogens is 1. The number of rotatable bonds is 8. The monoisotopic (exact) mass is 490 g/mol. The van der Waals surface area contributed by atoms with Gasteiger partial charge >= 0.3 is 0 Å². The van der Waals surface area contributed by atoms with E-state index in [1.807, 2.05) is 19.2 Å². The summed E-state index contributed by atoms with van der Waals surface area (Å²) in [6.07, 6.45) is 3.41. The smallest absolute Gasteiger partial charge is 0.253 e. The lowest BCUT2D eigenvalue weighted by molar-refractivity contribution is 0.0941. The summed E-state index contributed by atoms with van der Waals surface area (Å²) in [6.45, 7) is 3.54. The van der Waals surface area contributed by atoms with Gasteiger partial charge in [-0.15, -0.1) is 0 Å². The maximum Gasteiger partial charge on any atom is 0.253 e. The van der Waals surface area contributed by atoms with Gasteiger partial charge in [-0.3, -0.25) is 4.79 Å². The molecule has 176 valence electrons. The number of nitrogens with zero attached hydrogens (tertiary/aromatic N) is 3. The van der Waals surface area contributed by atoms with Crippen LogP contribution in [0.25, 0.3) is 0 Å². The van der Waals surface area contributed by atoms with Gasteiger partial charge in [0.05, 0.1) is 22.6 Å². The van der Waals surface area contributed by atoms with Crippen LogP contribution in [-0.2, 0) is 17.1 Å². The van der Waals surface area contributed by atoms with Gasteiger partial charge in [0.1, 0.15) is 17.6 Å². The van der Waals surface area contributed by atoms with Gasteiger partial charge in [-0.25, -0.2) is 13.4 Å². The lowest BCUT2D eigenvalue weighted by Gasteiger charge is -2.22.